The summed E-state index contributed by atoms with van der Waals surface area (Å²) in [4.78, 5) is 36.4. The van der Waals surface area contributed by atoms with Gasteiger partial charge in [-0.05, 0) is 6.42 Å². The molecule has 0 bridgehead atoms. The fourth-order valence-electron chi connectivity index (χ4n) is 2.11. The van der Waals surface area contributed by atoms with E-state index in [-0.39, 0.29) is 17.8 Å². The van der Waals surface area contributed by atoms with Gasteiger partial charge in [-0.2, -0.15) is 0 Å². The Bertz CT molecular complexity index is 618. The normalized spacial score (nSPS) is 19.6. The molecule has 0 saturated carbocycles. The van der Waals surface area contributed by atoms with Gasteiger partial charge in [0.2, 0.25) is 11.7 Å². The van der Waals surface area contributed by atoms with Crippen LogP contribution in [-0.4, -0.2) is 44.8 Å². The minimum Gasteiger partial charge on any atom is -0.360 e. The molecular formula is C11H17N5O3. The molecule has 1 unspecified atom stereocenters. The van der Waals surface area contributed by atoms with Crippen molar-refractivity contribution in [1.29, 1.82) is 0 Å². The monoisotopic (exact) mass is 267 g/mol. The second-order valence-electron chi connectivity index (χ2n) is 4.77. The van der Waals surface area contributed by atoms with Crippen molar-refractivity contribution in [3.05, 3.63) is 20.8 Å². The second kappa shape index (κ2) is 4.87. The van der Waals surface area contributed by atoms with Crippen molar-refractivity contribution in [1.82, 2.24) is 19.2 Å². The lowest BCUT2D eigenvalue weighted by Crippen LogP contribution is -2.46. The van der Waals surface area contributed by atoms with Crippen molar-refractivity contribution in [3.63, 3.8) is 0 Å². The van der Waals surface area contributed by atoms with Crippen LogP contribution in [0.4, 0.5) is 5.82 Å². The summed E-state index contributed by atoms with van der Waals surface area (Å²) in [6.07, 6.45) is 1.09. The van der Waals surface area contributed by atoms with Crippen LogP contribution >= 0.6 is 0 Å². The number of hydrogen-bond donors (Lipinski definition) is 1. The molecule has 0 aromatic carbocycles. The molecular weight excluding hydrogens is 250 g/mol. The Hall–Kier alpha value is -2.12. The van der Waals surface area contributed by atoms with Gasteiger partial charge >= 0.3 is 5.69 Å². The summed E-state index contributed by atoms with van der Waals surface area (Å²) in [6.45, 7) is 0.520. The van der Waals surface area contributed by atoms with Gasteiger partial charge in [-0.25, -0.2) is 9.48 Å². The van der Waals surface area contributed by atoms with Crippen LogP contribution in [0.2, 0.25) is 0 Å². The minimum atomic E-state index is -0.466. The van der Waals surface area contributed by atoms with Crippen LogP contribution in [-0.2, 0) is 18.9 Å². The second-order valence-corrected chi connectivity index (χ2v) is 4.77. The highest BCUT2D eigenvalue weighted by atomic mass is 16.2. The molecule has 8 nitrogen and oxygen atoms in total. The first-order valence-electron chi connectivity index (χ1n) is 6.05. The van der Waals surface area contributed by atoms with Gasteiger partial charge in [0, 0.05) is 40.2 Å². The number of amides is 1. The predicted molar refractivity (Wildman–Crippen MR) is 69.0 cm³/mol. The number of piperidine rings is 1. The SMILES string of the molecule is CN1CC(Nc2nn(C)c(=O)n(C)c2=O)CCC1=O. The molecule has 104 valence electrons. The zero-order chi connectivity index (χ0) is 14.2. The van der Waals surface area contributed by atoms with E-state index in [9.17, 15) is 14.4 Å². The maximum atomic E-state index is 11.9. The van der Waals surface area contributed by atoms with E-state index >= 15 is 0 Å². The Morgan fingerprint density at radius 3 is 2.53 bits per heavy atom. The highest BCUT2D eigenvalue weighted by molar-refractivity contribution is 5.76. The molecule has 2 heterocycles. The van der Waals surface area contributed by atoms with E-state index < -0.39 is 11.2 Å². The van der Waals surface area contributed by atoms with E-state index in [2.05, 4.69) is 10.4 Å². The maximum absolute atomic E-state index is 11.9. The number of nitrogens with zero attached hydrogens (tertiary/aromatic N) is 4. The van der Waals surface area contributed by atoms with Crippen molar-refractivity contribution < 1.29 is 4.79 Å². The average Bonchev–Trinajstić information content (AvgIpc) is 2.38. The largest absolute Gasteiger partial charge is 0.360 e. The minimum absolute atomic E-state index is 0.0274. The summed E-state index contributed by atoms with van der Waals surface area (Å²) in [5.41, 5.74) is -0.922. The van der Waals surface area contributed by atoms with Gasteiger partial charge in [0.15, 0.2) is 0 Å². The smallest absolute Gasteiger partial charge is 0.346 e. The van der Waals surface area contributed by atoms with Gasteiger partial charge < -0.3 is 10.2 Å². The van der Waals surface area contributed by atoms with E-state index in [0.29, 0.717) is 19.4 Å². The number of carbonyl (C=O) groups excluding carboxylic acids is 1. The molecule has 2 rings (SSSR count). The van der Waals surface area contributed by atoms with Crippen LogP contribution in [0.15, 0.2) is 9.59 Å². The number of aryl methyl sites for hydroxylation is 1. The molecule has 1 saturated heterocycles. The van der Waals surface area contributed by atoms with E-state index in [1.165, 1.54) is 14.1 Å². The zero-order valence-electron chi connectivity index (χ0n) is 11.2. The number of carbonyl (C=O) groups is 1. The van der Waals surface area contributed by atoms with E-state index in [1.807, 2.05) is 0 Å². The molecule has 0 radical (unpaired) electrons. The summed E-state index contributed by atoms with van der Waals surface area (Å²) in [5.74, 6) is 0.233. The van der Waals surface area contributed by atoms with Crippen LogP contribution in [0.1, 0.15) is 12.8 Å². The quantitative estimate of drug-likeness (QED) is 0.705. The lowest BCUT2D eigenvalue weighted by Gasteiger charge is -2.30. The van der Waals surface area contributed by atoms with Crippen molar-refractivity contribution in [2.24, 2.45) is 14.1 Å². The topological polar surface area (TPSA) is 89.2 Å². The molecule has 0 aliphatic carbocycles. The molecule has 1 amide bonds. The number of likely N-dealkylation sites (tertiary alicyclic amines) is 1. The summed E-state index contributed by atoms with van der Waals surface area (Å²) in [5, 5.41) is 6.94. The zero-order valence-corrected chi connectivity index (χ0v) is 11.2. The Morgan fingerprint density at radius 1 is 1.21 bits per heavy atom. The average molecular weight is 267 g/mol. The van der Waals surface area contributed by atoms with Crippen LogP contribution in [0.3, 0.4) is 0 Å². The first-order valence-corrected chi connectivity index (χ1v) is 6.05. The lowest BCUT2D eigenvalue weighted by molar-refractivity contribution is -0.132. The summed E-state index contributed by atoms with van der Waals surface area (Å²) >= 11 is 0. The van der Waals surface area contributed by atoms with Gasteiger partial charge in [-0.1, -0.05) is 0 Å². The van der Waals surface area contributed by atoms with Gasteiger partial charge in [-0.15, -0.1) is 5.10 Å². The number of rotatable bonds is 2. The molecule has 19 heavy (non-hydrogen) atoms. The third-order valence-corrected chi connectivity index (χ3v) is 3.29. The first kappa shape index (κ1) is 13.3. The first-order chi connectivity index (χ1) is 8.90. The molecule has 1 N–H and O–H groups in total. The van der Waals surface area contributed by atoms with Gasteiger partial charge in [0.05, 0.1) is 0 Å². The molecule has 1 aliphatic rings. The predicted octanol–water partition coefficient (Wildman–Crippen LogP) is -1.49. The number of anilines is 1. The van der Waals surface area contributed by atoms with E-state index in [4.69, 9.17) is 0 Å². The van der Waals surface area contributed by atoms with Crippen molar-refractivity contribution in [2.75, 3.05) is 18.9 Å². The van der Waals surface area contributed by atoms with Gasteiger partial charge in [0.1, 0.15) is 0 Å². The highest BCUT2D eigenvalue weighted by Gasteiger charge is 2.24. The number of likely N-dealkylation sites (N-methyl/N-ethyl adjacent to an activating group) is 1. The van der Waals surface area contributed by atoms with E-state index in [1.54, 1.807) is 11.9 Å². The molecule has 1 aromatic rings. The molecule has 8 heteroatoms. The van der Waals surface area contributed by atoms with Crippen molar-refractivity contribution in [3.8, 4) is 0 Å². The van der Waals surface area contributed by atoms with Crippen LogP contribution in [0.25, 0.3) is 0 Å². The molecule has 1 fully saturated rings. The molecule has 0 spiro atoms. The summed E-state index contributed by atoms with van der Waals surface area (Å²) < 4.78 is 2.12. The Morgan fingerprint density at radius 2 is 1.89 bits per heavy atom. The Labute approximate surface area is 109 Å². The third-order valence-electron chi connectivity index (χ3n) is 3.29. The molecule has 1 aliphatic heterocycles. The molecule has 1 atom stereocenters. The van der Waals surface area contributed by atoms with Crippen molar-refractivity contribution >= 4 is 11.7 Å². The standard InChI is InChI=1S/C11H17N5O3/c1-14-6-7(4-5-8(14)17)12-9-10(18)15(2)11(19)16(3)13-9/h7H,4-6H2,1-3H3,(H,12,13). The number of hydrogen-bond acceptors (Lipinski definition) is 5. The van der Waals surface area contributed by atoms with Crippen LogP contribution in [0.5, 0.6) is 0 Å². The number of nitrogens with one attached hydrogen (secondary N) is 1. The van der Waals surface area contributed by atoms with Crippen LogP contribution < -0.4 is 16.6 Å². The maximum Gasteiger partial charge on any atom is 0.346 e. The van der Waals surface area contributed by atoms with Gasteiger partial charge in [-0.3, -0.25) is 14.2 Å². The third kappa shape index (κ3) is 2.51. The number of aromatic nitrogens is 3. The summed E-state index contributed by atoms with van der Waals surface area (Å²) in [6, 6.07) is -0.0274. The van der Waals surface area contributed by atoms with Gasteiger partial charge in [0.25, 0.3) is 5.56 Å². The fourth-order valence-corrected chi connectivity index (χ4v) is 2.11. The van der Waals surface area contributed by atoms with E-state index in [0.717, 1.165) is 9.25 Å². The summed E-state index contributed by atoms with van der Waals surface area (Å²) in [7, 11) is 4.62. The van der Waals surface area contributed by atoms with Crippen molar-refractivity contribution in [2.45, 2.75) is 18.9 Å². The Kier molecular flexibility index (Phi) is 3.41. The Balaban J connectivity index is 2.23. The lowest BCUT2D eigenvalue weighted by atomic mass is 10.1. The van der Waals surface area contributed by atoms with Crippen LogP contribution in [0, 0.1) is 0 Å². The highest BCUT2D eigenvalue weighted by Crippen LogP contribution is 2.12. The fraction of sp³-hybridized carbons (Fsp3) is 0.636. The molecule has 1 aromatic heterocycles.